The number of hydrogen-bond acceptors (Lipinski definition) is 2. The van der Waals surface area contributed by atoms with E-state index in [0.717, 1.165) is 12.5 Å². The van der Waals surface area contributed by atoms with Gasteiger partial charge in [0, 0.05) is 31.4 Å². The minimum atomic E-state index is 0.624. The minimum absolute atomic E-state index is 0.624. The number of benzene rings is 2. The predicted molar refractivity (Wildman–Crippen MR) is 104 cm³/mol. The van der Waals surface area contributed by atoms with Gasteiger partial charge in [0.05, 0.1) is 0 Å². The van der Waals surface area contributed by atoms with Crippen LogP contribution < -0.4 is 4.90 Å². The van der Waals surface area contributed by atoms with E-state index in [2.05, 4.69) is 58.3 Å². The van der Waals surface area contributed by atoms with Gasteiger partial charge in [0.25, 0.3) is 0 Å². The van der Waals surface area contributed by atoms with Gasteiger partial charge in [-0.25, -0.2) is 0 Å². The second-order valence-corrected chi connectivity index (χ2v) is 8.05. The lowest BCUT2D eigenvalue weighted by molar-refractivity contribution is 0.145. The van der Waals surface area contributed by atoms with Crippen LogP contribution in [0.2, 0.25) is 0 Å². The van der Waals surface area contributed by atoms with Gasteiger partial charge in [-0.3, -0.25) is 4.90 Å². The Kier molecular flexibility index (Phi) is 4.01. The van der Waals surface area contributed by atoms with Crippen LogP contribution in [-0.2, 0) is 6.54 Å². The lowest BCUT2D eigenvalue weighted by atomic mass is 9.95. The molecule has 2 aliphatic heterocycles. The Labute approximate surface area is 151 Å². The second kappa shape index (κ2) is 6.49. The van der Waals surface area contributed by atoms with Crippen molar-refractivity contribution in [1.82, 2.24) is 4.90 Å². The Bertz CT molecular complexity index is 733. The van der Waals surface area contributed by atoms with Crippen molar-refractivity contribution < 1.29 is 0 Å². The number of piperidine rings is 2. The van der Waals surface area contributed by atoms with Crippen LogP contribution in [0.15, 0.2) is 48.5 Å². The van der Waals surface area contributed by atoms with E-state index in [-0.39, 0.29) is 0 Å². The molecule has 2 heteroatoms. The standard InChI is InChI=1S/C23H28N2/c1-3-7-18(8-4-1)17-25-14-11-19-15-23(25)22-16-20(9-10-21(19)22)24-12-5-2-6-13-24/h1,3-4,7-10,16,19,23H,2,5-6,11-15,17H2. The van der Waals surface area contributed by atoms with Gasteiger partial charge in [-0.1, -0.05) is 36.4 Å². The zero-order valence-corrected chi connectivity index (χ0v) is 15.0. The van der Waals surface area contributed by atoms with E-state index < -0.39 is 0 Å². The average Bonchev–Trinajstić information content (AvgIpc) is 2.98. The predicted octanol–water partition coefficient (Wildman–Crippen LogP) is 5.11. The number of rotatable bonds is 3. The summed E-state index contributed by atoms with van der Waals surface area (Å²) in [4.78, 5) is 5.32. The number of fused-ring (bicyclic) bond motifs is 5. The zero-order valence-electron chi connectivity index (χ0n) is 15.0. The molecule has 2 saturated heterocycles. The fourth-order valence-electron chi connectivity index (χ4n) is 5.20. The first-order valence-electron chi connectivity index (χ1n) is 10.1. The molecule has 0 N–H and O–H groups in total. The van der Waals surface area contributed by atoms with E-state index in [1.807, 2.05) is 0 Å². The Morgan fingerprint density at radius 3 is 2.52 bits per heavy atom. The van der Waals surface area contributed by atoms with E-state index in [1.54, 1.807) is 11.1 Å². The highest BCUT2D eigenvalue weighted by Crippen LogP contribution is 2.50. The van der Waals surface area contributed by atoms with Crippen LogP contribution in [-0.4, -0.2) is 24.5 Å². The van der Waals surface area contributed by atoms with Gasteiger partial charge in [0.15, 0.2) is 0 Å². The smallest absolute Gasteiger partial charge is 0.0369 e. The topological polar surface area (TPSA) is 6.48 Å². The lowest BCUT2D eigenvalue weighted by Gasteiger charge is -2.34. The van der Waals surface area contributed by atoms with Crippen LogP contribution in [0, 0.1) is 0 Å². The van der Waals surface area contributed by atoms with Crippen LogP contribution in [0.4, 0.5) is 5.69 Å². The van der Waals surface area contributed by atoms with Crippen molar-refractivity contribution in [2.75, 3.05) is 24.5 Å². The van der Waals surface area contributed by atoms with E-state index in [9.17, 15) is 0 Å². The Hall–Kier alpha value is -1.80. The van der Waals surface area contributed by atoms with Crippen LogP contribution >= 0.6 is 0 Å². The SMILES string of the molecule is c1ccc(CN2CCC3CC2c2cc(N4CCCCC4)ccc23)cc1. The molecule has 2 fully saturated rings. The van der Waals surface area contributed by atoms with Crippen molar-refractivity contribution >= 4 is 5.69 Å². The van der Waals surface area contributed by atoms with Crippen LogP contribution in [0.1, 0.15) is 60.8 Å². The highest BCUT2D eigenvalue weighted by molar-refractivity contribution is 5.55. The number of nitrogens with zero attached hydrogens (tertiary/aromatic N) is 2. The van der Waals surface area contributed by atoms with Crippen LogP contribution in [0.5, 0.6) is 0 Å². The number of anilines is 1. The minimum Gasteiger partial charge on any atom is -0.372 e. The fourth-order valence-corrected chi connectivity index (χ4v) is 5.20. The monoisotopic (exact) mass is 332 g/mol. The summed E-state index contributed by atoms with van der Waals surface area (Å²) < 4.78 is 0. The molecule has 2 atom stereocenters. The molecule has 2 heterocycles. The maximum Gasteiger partial charge on any atom is 0.0369 e. The molecule has 25 heavy (non-hydrogen) atoms. The summed E-state index contributed by atoms with van der Waals surface area (Å²) in [5.41, 5.74) is 6.18. The molecule has 2 nitrogen and oxygen atoms in total. The van der Waals surface area contributed by atoms with Gasteiger partial charge in [0.2, 0.25) is 0 Å². The largest absolute Gasteiger partial charge is 0.372 e. The van der Waals surface area contributed by atoms with Crippen LogP contribution in [0.25, 0.3) is 0 Å². The zero-order chi connectivity index (χ0) is 16.6. The highest BCUT2D eigenvalue weighted by atomic mass is 15.2. The van der Waals surface area contributed by atoms with E-state index >= 15 is 0 Å². The van der Waals surface area contributed by atoms with E-state index in [1.165, 1.54) is 63.0 Å². The van der Waals surface area contributed by atoms with Gasteiger partial charge >= 0.3 is 0 Å². The van der Waals surface area contributed by atoms with Crippen molar-refractivity contribution in [3.05, 3.63) is 65.2 Å². The molecule has 2 aromatic carbocycles. The Morgan fingerprint density at radius 2 is 1.68 bits per heavy atom. The van der Waals surface area contributed by atoms with Gasteiger partial charge in [-0.2, -0.15) is 0 Å². The van der Waals surface area contributed by atoms with Gasteiger partial charge in [-0.15, -0.1) is 0 Å². The molecule has 0 aromatic heterocycles. The van der Waals surface area contributed by atoms with Gasteiger partial charge < -0.3 is 4.90 Å². The van der Waals surface area contributed by atoms with Gasteiger partial charge in [-0.05, 0) is 73.4 Å². The molecule has 2 bridgehead atoms. The maximum atomic E-state index is 2.72. The quantitative estimate of drug-likeness (QED) is 0.770. The van der Waals surface area contributed by atoms with E-state index in [4.69, 9.17) is 0 Å². The fraction of sp³-hybridized carbons (Fsp3) is 0.478. The van der Waals surface area contributed by atoms with Crippen molar-refractivity contribution in [2.24, 2.45) is 0 Å². The summed E-state index contributed by atoms with van der Waals surface area (Å²) in [5, 5.41) is 0. The number of hydrogen-bond donors (Lipinski definition) is 0. The molecule has 0 amide bonds. The molecule has 0 spiro atoms. The third kappa shape index (κ3) is 2.87. The molecular weight excluding hydrogens is 304 g/mol. The summed E-state index contributed by atoms with van der Waals surface area (Å²) in [6.07, 6.45) is 6.74. The van der Waals surface area contributed by atoms with Crippen molar-refractivity contribution in [3.8, 4) is 0 Å². The third-order valence-electron chi connectivity index (χ3n) is 6.53. The average molecular weight is 332 g/mol. The molecule has 0 radical (unpaired) electrons. The summed E-state index contributed by atoms with van der Waals surface area (Å²) in [6, 6.07) is 19.0. The first kappa shape index (κ1) is 15.5. The molecule has 1 aliphatic carbocycles. The second-order valence-electron chi connectivity index (χ2n) is 8.05. The summed E-state index contributed by atoms with van der Waals surface area (Å²) in [7, 11) is 0. The number of likely N-dealkylation sites (tertiary alicyclic amines) is 1. The molecule has 2 aromatic rings. The third-order valence-corrected chi connectivity index (χ3v) is 6.53. The Balaban J connectivity index is 1.42. The molecule has 3 aliphatic rings. The van der Waals surface area contributed by atoms with Crippen molar-refractivity contribution in [1.29, 1.82) is 0 Å². The Morgan fingerprint density at radius 1 is 0.840 bits per heavy atom. The molecule has 5 rings (SSSR count). The van der Waals surface area contributed by atoms with Crippen LogP contribution in [0.3, 0.4) is 0 Å². The first-order chi connectivity index (χ1) is 12.4. The van der Waals surface area contributed by atoms with Crippen molar-refractivity contribution in [2.45, 2.75) is 50.6 Å². The maximum absolute atomic E-state index is 2.72. The van der Waals surface area contributed by atoms with Crippen molar-refractivity contribution in [3.63, 3.8) is 0 Å². The van der Waals surface area contributed by atoms with E-state index in [0.29, 0.717) is 6.04 Å². The molecular formula is C23H28N2. The summed E-state index contributed by atoms with van der Waals surface area (Å²) in [6.45, 7) is 4.80. The molecule has 130 valence electrons. The molecule has 0 saturated carbocycles. The lowest BCUT2D eigenvalue weighted by Crippen LogP contribution is -2.32. The normalized spacial score (nSPS) is 25.8. The summed E-state index contributed by atoms with van der Waals surface area (Å²) in [5.74, 6) is 0.794. The highest BCUT2D eigenvalue weighted by Gasteiger charge is 2.38. The summed E-state index contributed by atoms with van der Waals surface area (Å²) >= 11 is 0. The van der Waals surface area contributed by atoms with Gasteiger partial charge in [0.1, 0.15) is 0 Å². The first-order valence-corrected chi connectivity index (χ1v) is 10.1. The molecule has 2 unspecified atom stereocenters.